The molecule has 114 valence electrons. The highest BCUT2D eigenvalue weighted by Gasteiger charge is 2.31. The third-order valence-electron chi connectivity index (χ3n) is 3.42. The molecule has 0 aliphatic carbocycles. The summed E-state index contributed by atoms with van der Waals surface area (Å²) in [6.45, 7) is 4.75. The van der Waals surface area contributed by atoms with E-state index in [1.165, 1.54) is 0 Å². The lowest BCUT2D eigenvalue weighted by Gasteiger charge is -2.17. The quantitative estimate of drug-likeness (QED) is 0.656. The smallest absolute Gasteiger partial charge is 0.382 e. The number of hydrogen-bond donors (Lipinski definition) is 1. The Morgan fingerprint density at radius 3 is 2.40 bits per heavy atom. The summed E-state index contributed by atoms with van der Waals surface area (Å²) in [6.07, 6.45) is -0.287. The first-order chi connectivity index (χ1) is 9.38. The van der Waals surface area contributed by atoms with Crippen LogP contribution in [-0.4, -0.2) is 6.54 Å². The highest BCUT2D eigenvalue weighted by atomic mass is 19.4. The minimum Gasteiger partial charge on any atom is -0.382 e. The van der Waals surface area contributed by atoms with Gasteiger partial charge in [0.1, 0.15) is 5.82 Å². The number of alkyl halides is 3. The van der Waals surface area contributed by atoms with Gasteiger partial charge in [0.25, 0.3) is 0 Å². The van der Waals surface area contributed by atoms with Crippen LogP contribution in [0.5, 0.6) is 0 Å². The van der Waals surface area contributed by atoms with Gasteiger partial charge in [0.15, 0.2) is 0 Å². The van der Waals surface area contributed by atoms with E-state index in [2.05, 4.69) is 19.2 Å². The first-order valence-electron chi connectivity index (χ1n) is 6.99. The van der Waals surface area contributed by atoms with E-state index >= 15 is 0 Å². The maximum Gasteiger partial charge on any atom is 0.416 e. The molecule has 0 aliphatic rings. The summed E-state index contributed by atoms with van der Waals surface area (Å²) in [4.78, 5) is 0. The van der Waals surface area contributed by atoms with Gasteiger partial charge in [0.05, 0.1) is 11.3 Å². The molecule has 5 heteroatoms. The molecular weight excluding hydrogens is 270 g/mol. The SMILES string of the molecule is CCCCC(CC)CNc1ccc(C(F)(F)F)cc1F. The molecule has 0 aliphatic heterocycles. The van der Waals surface area contributed by atoms with Crippen LogP contribution in [0.4, 0.5) is 23.2 Å². The van der Waals surface area contributed by atoms with Crippen molar-refractivity contribution in [1.29, 1.82) is 0 Å². The van der Waals surface area contributed by atoms with Crippen LogP contribution in [0.15, 0.2) is 18.2 Å². The van der Waals surface area contributed by atoms with Crippen LogP contribution in [0.2, 0.25) is 0 Å². The first kappa shape index (κ1) is 16.8. The maximum atomic E-state index is 13.6. The van der Waals surface area contributed by atoms with Crippen LogP contribution >= 0.6 is 0 Å². The van der Waals surface area contributed by atoms with Gasteiger partial charge in [-0.2, -0.15) is 13.2 Å². The second kappa shape index (κ2) is 7.50. The van der Waals surface area contributed by atoms with Crippen molar-refractivity contribution in [2.45, 2.75) is 45.7 Å². The van der Waals surface area contributed by atoms with Crippen LogP contribution in [0.3, 0.4) is 0 Å². The summed E-state index contributed by atoms with van der Waals surface area (Å²) in [6, 6.07) is 2.60. The molecule has 1 unspecified atom stereocenters. The Labute approximate surface area is 117 Å². The van der Waals surface area contributed by atoms with E-state index in [-0.39, 0.29) is 5.69 Å². The maximum absolute atomic E-state index is 13.6. The van der Waals surface area contributed by atoms with Gasteiger partial charge in [-0.1, -0.05) is 33.1 Å². The number of nitrogens with one attached hydrogen (secondary N) is 1. The van der Waals surface area contributed by atoms with E-state index in [9.17, 15) is 17.6 Å². The second-order valence-corrected chi connectivity index (χ2v) is 4.99. The largest absolute Gasteiger partial charge is 0.416 e. The van der Waals surface area contributed by atoms with Crippen molar-refractivity contribution in [2.24, 2.45) is 5.92 Å². The number of halogens is 4. The summed E-state index contributed by atoms with van der Waals surface area (Å²) >= 11 is 0. The molecule has 0 saturated carbocycles. The number of anilines is 1. The van der Waals surface area contributed by atoms with Gasteiger partial charge in [0.2, 0.25) is 0 Å². The second-order valence-electron chi connectivity index (χ2n) is 4.99. The Morgan fingerprint density at radius 2 is 1.90 bits per heavy atom. The Balaban J connectivity index is 2.64. The molecule has 0 spiro atoms. The average Bonchev–Trinajstić information content (AvgIpc) is 2.39. The third kappa shape index (κ3) is 5.02. The molecule has 1 nitrogen and oxygen atoms in total. The zero-order valence-electron chi connectivity index (χ0n) is 11.9. The van der Waals surface area contributed by atoms with Crippen molar-refractivity contribution in [3.05, 3.63) is 29.6 Å². The van der Waals surface area contributed by atoms with E-state index in [0.29, 0.717) is 18.5 Å². The van der Waals surface area contributed by atoms with Crippen molar-refractivity contribution in [1.82, 2.24) is 0 Å². The molecule has 20 heavy (non-hydrogen) atoms. The lowest BCUT2D eigenvalue weighted by molar-refractivity contribution is -0.137. The fraction of sp³-hybridized carbons (Fsp3) is 0.600. The molecule has 1 aromatic rings. The molecule has 0 aromatic heterocycles. The van der Waals surface area contributed by atoms with Crippen LogP contribution in [-0.2, 0) is 6.18 Å². The van der Waals surface area contributed by atoms with E-state index in [1.807, 2.05) is 0 Å². The van der Waals surface area contributed by atoms with E-state index in [1.54, 1.807) is 0 Å². The van der Waals surface area contributed by atoms with E-state index in [0.717, 1.165) is 37.8 Å². The third-order valence-corrected chi connectivity index (χ3v) is 3.42. The predicted molar refractivity (Wildman–Crippen MR) is 73.2 cm³/mol. The van der Waals surface area contributed by atoms with Gasteiger partial charge in [-0.15, -0.1) is 0 Å². The minimum atomic E-state index is -4.51. The molecule has 0 radical (unpaired) electrons. The molecule has 0 fully saturated rings. The van der Waals surface area contributed by atoms with Gasteiger partial charge in [-0.05, 0) is 30.5 Å². The summed E-state index contributed by atoms with van der Waals surface area (Å²) in [5, 5.41) is 2.91. The fourth-order valence-electron chi connectivity index (χ4n) is 2.03. The van der Waals surface area contributed by atoms with E-state index in [4.69, 9.17) is 0 Å². The van der Waals surface area contributed by atoms with Crippen molar-refractivity contribution in [3.63, 3.8) is 0 Å². The molecule has 1 N–H and O–H groups in total. The van der Waals surface area contributed by atoms with Crippen molar-refractivity contribution in [3.8, 4) is 0 Å². The summed E-state index contributed by atoms with van der Waals surface area (Å²) in [7, 11) is 0. The molecule has 1 atom stereocenters. The molecule has 0 heterocycles. The normalized spacial score (nSPS) is 13.3. The average molecular weight is 291 g/mol. The standard InChI is InChI=1S/C15H21F4N/c1-3-5-6-11(4-2)10-20-14-8-7-12(9-13(14)16)15(17,18)19/h7-9,11,20H,3-6,10H2,1-2H3. The summed E-state index contributed by atoms with van der Waals surface area (Å²) < 4.78 is 50.9. The first-order valence-corrected chi connectivity index (χ1v) is 6.99. The van der Waals surface area contributed by atoms with Crippen molar-refractivity contribution in [2.75, 3.05) is 11.9 Å². The van der Waals surface area contributed by atoms with Crippen molar-refractivity contribution < 1.29 is 17.6 Å². The van der Waals surface area contributed by atoms with Gasteiger partial charge >= 0.3 is 6.18 Å². The van der Waals surface area contributed by atoms with E-state index < -0.39 is 17.6 Å². The molecule has 1 rings (SSSR count). The Morgan fingerprint density at radius 1 is 1.20 bits per heavy atom. The van der Waals surface area contributed by atoms with Crippen LogP contribution in [0, 0.1) is 11.7 Å². The zero-order valence-corrected chi connectivity index (χ0v) is 11.9. The number of unbranched alkanes of at least 4 members (excludes halogenated alkanes) is 1. The van der Waals surface area contributed by atoms with Crippen LogP contribution in [0.1, 0.15) is 45.1 Å². The summed E-state index contributed by atoms with van der Waals surface area (Å²) in [5.41, 5.74) is -0.827. The highest BCUT2D eigenvalue weighted by Crippen LogP contribution is 2.31. The number of benzene rings is 1. The monoisotopic (exact) mass is 291 g/mol. The molecule has 0 saturated heterocycles. The number of rotatable bonds is 7. The lowest BCUT2D eigenvalue weighted by Crippen LogP contribution is -2.15. The summed E-state index contributed by atoms with van der Waals surface area (Å²) in [5.74, 6) is -0.443. The van der Waals surface area contributed by atoms with Crippen LogP contribution in [0.25, 0.3) is 0 Å². The Kier molecular flexibility index (Phi) is 6.30. The van der Waals surface area contributed by atoms with Gasteiger partial charge in [-0.25, -0.2) is 4.39 Å². The molecule has 0 bridgehead atoms. The van der Waals surface area contributed by atoms with Gasteiger partial charge in [0, 0.05) is 6.54 Å². The molecule has 1 aromatic carbocycles. The minimum absolute atomic E-state index is 0.132. The fourth-order valence-corrected chi connectivity index (χ4v) is 2.03. The highest BCUT2D eigenvalue weighted by molar-refractivity contribution is 5.46. The topological polar surface area (TPSA) is 12.0 Å². The van der Waals surface area contributed by atoms with Gasteiger partial charge in [-0.3, -0.25) is 0 Å². The zero-order chi connectivity index (χ0) is 15.2. The molecule has 0 amide bonds. The predicted octanol–water partition coefficient (Wildman–Crippen LogP) is 5.47. The number of hydrogen-bond acceptors (Lipinski definition) is 1. The molecular formula is C15H21F4N. The van der Waals surface area contributed by atoms with Crippen LogP contribution < -0.4 is 5.32 Å². The Bertz CT molecular complexity index is 415. The lowest BCUT2D eigenvalue weighted by atomic mass is 9.99. The van der Waals surface area contributed by atoms with Crippen molar-refractivity contribution >= 4 is 5.69 Å². The Hall–Kier alpha value is -1.26. The van der Waals surface area contributed by atoms with Gasteiger partial charge < -0.3 is 5.32 Å².